The quantitative estimate of drug-likeness (QED) is 0.268. The number of halogens is 1. The summed E-state index contributed by atoms with van der Waals surface area (Å²) >= 11 is 0. The summed E-state index contributed by atoms with van der Waals surface area (Å²) in [6.45, 7) is 4.08. The molecule has 0 aromatic heterocycles. The molecule has 0 bridgehead atoms. The Balaban J connectivity index is 0.00000259. The minimum atomic E-state index is -0.974. The van der Waals surface area contributed by atoms with Crippen molar-refractivity contribution in [1.29, 1.82) is 0 Å². The maximum atomic E-state index is 12.7. The van der Waals surface area contributed by atoms with Gasteiger partial charge in [0.25, 0.3) is 0 Å². The Bertz CT molecular complexity index is 1140. The first-order valence-electron chi connectivity index (χ1n) is 11.7. The summed E-state index contributed by atoms with van der Waals surface area (Å²) < 4.78 is 5.69. The van der Waals surface area contributed by atoms with Gasteiger partial charge >= 0.3 is 5.97 Å². The van der Waals surface area contributed by atoms with Crippen LogP contribution in [-0.2, 0) is 6.42 Å². The fourth-order valence-corrected chi connectivity index (χ4v) is 6.90. The summed E-state index contributed by atoms with van der Waals surface area (Å²) in [7, 11) is 0. The molecule has 5 rings (SSSR count). The molecule has 2 aromatic carbocycles. The molecule has 3 aliphatic rings. The molecule has 0 unspecified atom stereocenters. The molecule has 0 saturated heterocycles. The Morgan fingerprint density at radius 2 is 2.00 bits per heavy atom. The van der Waals surface area contributed by atoms with E-state index in [1.165, 1.54) is 11.1 Å². The highest BCUT2D eigenvalue weighted by molar-refractivity contribution is 5.97. The number of nitrogens with two attached hydrogens (primary N) is 1. The molecule has 2 saturated carbocycles. The summed E-state index contributed by atoms with van der Waals surface area (Å²) in [5.41, 5.74) is 9.27. The van der Waals surface area contributed by atoms with Gasteiger partial charge in [-0.2, -0.15) is 0 Å². The standard InChI is InChI=1S/C28H31NO3.ClH/c1-4-28(31)15-13-24-22-10-8-18-16-19(9-11-20(18)21(22)12-14-27(24,28)3)32-26(30)23-7-5-6-17(2)25(23)29;/h1,5-7,9,11,16,21-22,24,31H,8,10,12-15,29H2,2-3H3;1H/t21-,22-,24+,27+,28+;/m1./s1. The van der Waals surface area contributed by atoms with Crippen LogP contribution < -0.4 is 10.5 Å². The van der Waals surface area contributed by atoms with Gasteiger partial charge in [-0.1, -0.05) is 31.0 Å². The highest BCUT2D eigenvalue weighted by atomic mass is 35.5. The molecule has 33 heavy (non-hydrogen) atoms. The number of carbonyl (C=O) groups is 1. The molecule has 0 aliphatic heterocycles. The van der Waals surface area contributed by atoms with E-state index in [1.807, 2.05) is 31.2 Å². The van der Waals surface area contributed by atoms with E-state index in [0.29, 0.717) is 41.2 Å². The van der Waals surface area contributed by atoms with E-state index < -0.39 is 11.6 Å². The van der Waals surface area contributed by atoms with Crippen LogP contribution in [0.4, 0.5) is 5.69 Å². The zero-order chi connectivity index (χ0) is 22.7. The number of anilines is 1. The Morgan fingerprint density at radius 1 is 1.21 bits per heavy atom. The van der Waals surface area contributed by atoms with Crippen molar-refractivity contribution in [2.24, 2.45) is 17.3 Å². The molecule has 3 N–H and O–H groups in total. The van der Waals surface area contributed by atoms with Gasteiger partial charge in [-0.15, -0.1) is 18.8 Å². The summed E-state index contributed by atoms with van der Waals surface area (Å²) in [6.07, 6.45) is 11.5. The molecular formula is C28H32ClNO3. The third kappa shape index (κ3) is 3.54. The second-order valence-electron chi connectivity index (χ2n) is 10.2. The Hall–Kier alpha value is -2.48. The maximum Gasteiger partial charge on any atom is 0.345 e. The first kappa shape index (κ1) is 23.7. The number of hydrogen-bond donors (Lipinski definition) is 2. The van der Waals surface area contributed by atoms with E-state index in [0.717, 1.165) is 37.7 Å². The summed E-state index contributed by atoms with van der Waals surface area (Å²) in [4.78, 5) is 12.7. The van der Waals surface area contributed by atoms with Crippen molar-refractivity contribution in [2.45, 2.75) is 63.9 Å². The number of aryl methyl sites for hydroxylation is 2. The van der Waals surface area contributed by atoms with E-state index >= 15 is 0 Å². The van der Waals surface area contributed by atoms with Crippen molar-refractivity contribution in [1.82, 2.24) is 0 Å². The number of esters is 1. The molecule has 0 heterocycles. The number of para-hydroxylation sites is 1. The van der Waals surface area contributed by atoms with Crippen LogP contribution in [0.15, 0.2) is 36.4 Å². The van der Waals surface area contributed by atoms with Gasteiger partial charge in [-0.25, -0.2) is 4.79 Å². The zero-order valence-electron chi connectivity index (χ0n) is 19.3. The van der Waals surface area contributed by atoms with Crippen LogP contribution in [0.2, 0.25) is 0 Å². The predicted octanol–water partition coefficient (Wildman–Crippen LogP) is 5.44. The minimum Gasteiger partial charge on any atom is -0.423 e. The van der Waals surface area contributed by atoms with Crippen LogP contribution in [0, 0.1) is 36.5 Å². The number of ether oxygens (including phenoxy) is 1. The lowest BCUT2D eigenvalue weighted by molar-refractivity contribution is -0.0646. The molecular weight excluding hydrogens is 434 g/mol. The second kappa shape index (κ2) is 8.38. The van der Waals surface area contributed by atoms with Crippen LogP contribution in [-0.4, -0.2) is 16.7 Å². The third-order valence-corrected chi connectivity index (χ3v) is 8.84. The van der Waals surface area contributed by atoms with Gasteiger partial charge in [0.05, 0.1) is 5.56 Å². The van der Waals surface area contributed by atoms with Crippen molar-refractivity contribution in [3.8, 4) is 18.1 Å². The summed E-state index contributed by atoms with van der Waals surface area (Å²) in [5.74, 6) is 4.36. The highest BCUT2D eigenvalue weighted by Crippen LogP contribution is 2.64. The van der Waals surface area contributed by atoms with Gasteiger partial charge in [-0.3, -0.25) is 0 Å². The second-order valence-corrected chi connectivity index (χ2v) is 10.2. The average Bonchev–Trinajstić information content (AvgIpc) is 3.06. The molecule has 4 nitrogen and oxygen atoms in total. The normalized spacial score (nSPS) is 31.9. The van der Waals surface area contributed by atoms with Crippen LogP contribution in [0.25, 0.3) is 0 Å². The van der Waals surface area contributed by atoms with Gasteiger partial charge < -0.3 is 15.6 Å². The molecule has 0 amide bonds. The lowest BCUT2D eigenvalue weighted by Crippen LogP contribution is -2.50. The van der Waals surface area contributed by atoms with Gasteiger partial charge in [0.15, 0.2) is 0 Å². The summed E-state index contributed by atoms with van der Waals surface area (Å²) in [5, 5.41) is 11.1. The van der Waals surface area contributed by atoms with Crippen LogP contribution in [0.5, 0.6) is 5.75 Å². The van der Waals surface area contributed by atoms with Gasteiger partial charge in [0, 0.05) is 11.1 Å². The highest BCUT2D eigenvalue weighted by Gasteiger charge is 2.61. The van der Waals surface area contributed by atoms with Crippen LogP contribution in [0.3, 0.4) is 0 Å². The van der Waals surface area contributed by atoms with E-state index in [4.69, 9.17) is 16.9 Å². The molecule has 0 spiro atoms. The number of fused-ring (bicyclic) bond motifs is 5. The molecule has 0 radical (unpaired) electrons. The first-order valence-corrected chi connectivity index (χ1v) is 11.7. The lowest BCUT2D eigenvalue weighted by atomic mass is 9.53. The molecule has 3 aliphatic carbocycles. The van der Waals surface area contributed by atoms with Crippen molar-refractivity contribution in [3.05, 3.63) is 58.7 Å². The van der Waals surface area contributed by atoms with Crippen molar-refractivity contribution in [3.63, 3.8) is 0 Å². The predicted molar refractivity (Wildman–Crippen MR) is 133 cm³/mol. The molecule has 5 heteroatoms. The van der Waals surface area contributed by atoms with Gasteiger partial charge in [0.1, 0.15) is 11.4 Å². The van der Waals surface area contributed by atoms with E-state index in [2.05, 4.69) is 18.9 Å². The Labute approximate surface area is 202 Å². The monoisotopic (exact) mass is 465 g/mol. The summed E-state index contributed by atoms with van der Waals surface area (Å²) in [6, 6.07) is 11.5. The largest absolute Gasteiger partial charge is 0.423 e. The van der Waals surface area contributed by atoms with Gasteiger partial charge in [0.2, 0.25) is 0 Å². The van der Waals surface area contributed by atoms with Crippen molar-refractivity contribution in [2.75, 3.05) is 5.73 Å². The van der Waals surface area contributed by atoms with E-state index in [-0.39, 0.29) is 17.8 Å². The number of aliphatic hydroxyl groups is 1. The zero-order valence-corrected chi connectivity index (χ0v) is 20.1. The smallest absolute Gasteiger partial charge is 0.345 e. The Kier molecular flexibility index (Phi) is 6.01. The average molecular weight is 466 g/mol. The van der Waals surface area contributed by atoms with Gasteiger partial charge in [-0.05, 0) is 98.1 Å². The topological polar surface area (TPSA) is 72.5 Å². The molecule has 5 atom stereocenters. The number of benzene rings is 2. The van der Waals surface area contributed by atoms with Crippen molar-refractivity contribution >= 4 is 24.1 Å². The molecule has 174 valence electrons. The lowest BCUT2D eigenvalue weighted by Gasteiger charge is -2.52. The fraction of sp³-hybridized carbons (Fsp3) is 0.464. The fourth-order valence-electron chi connectivity index (χ4n) is 6.90. The number of nitrogen functional groups attached to an aromatic ring is 1. The first-order chi connectivity index (χ1) is 15.3. The van der Waals surface area contributed by atoms with Crippen LogP contribution >= 0.6 is 12.4 Å². The molecule has 2 aromatic rings. The number of carbonyl (C=O) groups excluding carboxylic acids is 1. The van der Waals surface area contributed by atoms with E-state index in [1.54, 1.807) is 6.07 Å². The number of terminal acetylenes is 1. The third-order valence-electron chi connectivity index (χ3n) is 8.84. The number of rotatable bonds is 2. The van der Waals surface area contributed by atoms with Crippen LogP contribution in [0.1, 0.15) is 72.0 Å². The minimum absolute atomic E-state index is 0. The van der Waals surface area contributed by atoms with E-state index in [9.17, 15) is 9.90 Å². The Morgan fingerprint density at radius 3 is 2.76 bits per heavy atom. The number of hydrogen-bond acceptors (Lipinski definition) is 4. The maximum absolute atomic E-state index is 12.7. The SMILES string of the molecule is C#C[C@]1(O)CC[C@H]2[C@@H]3CCc4cc(OC(=O)c5cccc(C)c5N)ccc4[C@H]3CC[C@@]21C.Cl. The van der Waals surface area contributed by atoms with Crippen molar-refractivity contribution < 1.29 is 14.6 Å². The molecule has 2 fully saturated rings.